The van der Waals surface area contributed by atoms with Crippen LogP contribution in [0.25, 0.3) is 0 Å². The third-order valence-corrected chi connectivity index (χ3v) is 1.83. The molecule has 0 saturated carbocycles. The predicted molar refractivity (Wildman–Crippen MR) is 58.0 cm³/mol. The molecule has 1 aliphatic heterocycles. The van der Waals surface area contributed by atoms with Crippen LogP contribution in [0.3, 0.4) is 0 Å². The van der Waals surface area contributed by atoms with Gasteiger partial charge < -0.3 is 4.90 Å². The predicted octanol–water partition coefficient (Wildman–Crippen LogP) is 2.83. The van der Waals surface area contributed by atoms with Gasteiger partial charge in [-0.1, -0.05) is 6.07 Å². The van der Waals surface area contributed by atoms with Gasteiger partial charge in [0.1, 0.15) is 10.4 Å². The Morgan fingerprint density at radius 2 is 2.08 bits per heavy atom. The fourth-order valence-corrected chi connectivity index (χ4v) is 1.20. The zero-order valence-corrected chi connectivity index (χ0v) is 8.09. The first-order valence-electron chi connectivity index (χ1n) is 8.55. The van der Waals surface area contributed by atoms with Gasteiger partial charge in [-0.25, -0.2) is 4.98 Å². The van der Waals surface area contributed by atoms with Crippen LogP contribution in [0, 0.1) is 0 Å². The third-order valence-electron chi connectivity index (χ3n) is 1.39. The Hall–Kier alpha value is -0.570. The van der Waals surface area contributed by atoms with E-state index in [1.807, 2.05) is 0 Å². The van der Waals surface area contributed by atoms with Crippen molar-refractivity contribution in [3.63, 3.8) is 0 Å². The van der Waals surface area contributed by atoms with Crippen LogP contribution in [0.5, 0.6) is 0 Å². The van der Waals surface area contributed by atoms with Gasteiger partial charge in [0.05, 0.1) is 0 Å². The number of piperidine rings is 1. The molecule has 1 fully saturated rings. The van der Waals surface area contributed by atoms with Crippen molar-refractivity contribution in [2.24, 2.45) is 0 Å². The molecule has 1 saturated heterocycles. The summed E-state index contributed by atoms with van der Waals surface area (Å²) < 4.78 is 79.0. The highest BCUT2D eigenvalue weighted by molar-refractivity contribution is 9.10. The van der Waals surface area contributed by atoms with Crippen molar-refractivity contribution in [1.82, 2.24) is 4.98 Å². The van der Waals surface area contributed by atoms with E-state index < -0.39 is 32.1 Å². The van der Waals surface area contributed by atoms with Crippen LogP contribution < -0.4 is 4.90 Å². The number of pyridine rings is 1. The second kappa shape index (κ2) is 4.09. The molecule has 2 rings (SSSR count). The third kappa shape index (κ3) is 2.21. The van der Waals surface area contributed by atoms with Crippen LogP contribution in [0.4, 0.5) is 5.82 Å². The molecule has 0 N–H and O–H groups in total. The van der Waals surface area contributed by atoms with Crippen LogP contribution in [0.15, 0.2) is 22.8 Å². The van der Waals surface area contributed by atoms with Crippen molar-refractivity contribution < 1.29 is 13.7 Å². The average Bonchev–Trinajstić information content (AvgIpc) is 2.36. The molecule has 1 aliphatic rings. The molecule has 3 heteroatoms. The lowest BCUT2D eigenvalue weighted by Gasteiger charge is -2.27. The fraction of sp³-hybridized carbons (Fsp3) is 0.500. The molecule has 0 spiro atoms. The molecule has 0 aromatic carbocycles. The van der Waals surface area contributed by atoms with Gasteiger partial charge in [-0.3, -0.25) is 0 Å². The first kappa shape index (κ1) is 2.96. The SMILES string of the molecule is [2H]C1([2H])N(c2cccc(Br)n2)C([2H])([2H])C([2H])([2H])C([2H])([2H])C1([2H])[2H]. The quantitative estimate of drug-likeness (QED) is 0.713. The van der Waals surface area contributed by atoms with Crippen molar-refractivity contribution in [2.75, 3.05) is 17.9 Å². The number of hydrogen-bond acceptors (Lipinski definition) is 2. The van der Waals surface area contributed by atoms with Gasteiger partial charge in [0, 0.05) is 26.7 Å². The number of aromatic nitrogens is 1. The fourth-order valence-electron chi connectivity index (χ4n) is 0.864. The minimum atomic E-state index is -3.42. The first-order valence-corrected chi connectivity index (χ1v) is 4.34. The molecule has 0 amide bonds. The Morgan fingerprint density at radius 1 is 1.31 bits per heavy atom. The Bertz CT molecular complexity index is 602. The molecule has 2 heterocycles. The molecular formula is C10H13BrN2. The van der Waals surface area contributed by atoms with Crippen molar-refractivity contribution in [3.8, 4) is 0 Å². The van der Waals surface area contributed by atoms with E-state index in [-0.39, 0.29) is 15.3 Å². The van der Waals surface area contributed by atoms with Crippen LogP contribution in [-0.4, -0.2) is 18.0 Å². The lowest BCUT2D eigenvalue weighted by molar-refractivity contribution is 0.573. The summed E-state index contributed by atoms with van der Waals surface area (Å²) in [7, 11) is 0. The molecule has 0 atom stereocenters. The average molecular weight is 251 g/mol. The van der Waals surface area contributed by atoms with E-state index in [1.54, 1.807) is 0 Å². The van der Waals surface area contributed by atoms with E-state index in [0.717, 1.165) is 0 Å². The zero-order chi connectivity index (χ0) is 18.1. The number of anilines is 1. The summed E-state index contributed by atoms with van der Waals surface area (Å²) in [5, 5.41) is 0. The summed E-state index contributed by atoms with van der Waals surface area (Å²) in [6.07, 6.45) is -10.1. The normalized spacial score (nSPS) is 48.2. The number of hydrogen-bond donors (Lipinski definition) is 0. The number of nitrogens with zero attached hydrogens (tertiary/aromatic N) is 2. The molecule has 13 heavy (non-hydrogen) atoms. The smallest absolute Gasteiger partial charge is 0.129 e. The van der Waals surface area contributed by atoms with Gasteiger partial charge in [0.2, 0.25) is 0 Å². The highest BCUT2D eigenvalue weighted by atomic mass is 79.9. The maximum absolute atomic E-state index is 8.00. The van der Waals surface area contributed by atoms with Gasteiger partial charge in [0.25, 0.3) is 0 Å². The topological polar surface area (TPSA) is 16.1 Å². The van der Waals surface area contributed by atoms with Gasteiger partial charge in [-0.15, -0.1) is 0 Å². The Kier molecular flexibility index (Phi) is 0.931. The lowest BCUT2D eigenvalue weighted by Crippen LogP contribution is -2.30. The summed E-state index contributed by atoms with van der Waals surface area (Å²) in [6.45, 7) is -6.39. The van der Waals surface area contributed by atoms with E-state index in [4.69, 9.17) is 13.7 Å². The van der Waals surface area contributed by atoms with Crippen molar-refractivity contribution >= 4 is 21.7 Å². The maximum atomic E-state index is 8.00. The monoisotopic (exact) mass is 250 g/mol. The summed E-state index contributed by atoms with van der Waals surface area (Å²) in [5.74, 6) is -0.349. The molecule has 1 aromatic rings. The molecule has 0 unspecified atom stereocenters. The van der Waals surface area contributed by atoms with E-state index in [0.29, 0.717) is 0 Å². The van der Waals surface area contributed by atoms with Crippen LogP contribution >= 0.6 is 15.9 Å². The molecule has 2 nitrogen and oxygen atoms in total. The highest BCUT2D eigenvalue weighted by Crippen LogP contribution is 2.19. The van der Waals surface area contributed by atoms with Gasteiger partial charge >= 0.3 is 0 Å². The summed E-state index contributed by atoms with van der Waals surface area (Å²) in [4.78, 5) is 4.10. The zero-order valence-electron chi connectivity index (χ0n) is 16.5. The van der Waals surface area contributed by atoms with Gasteiger partial charge in [-0.2, -0.15) is 0 Å². The number of rotatable bonds is 1. The molecule has 70 valence electrons. The standard InChI is InChI=1S/C10H13BrN2/c11-9-5-4-6-10(12-9)13-7-2-1-3-8-13/h4-6H,1-3,7-8H2/i1D2,2D2,3D2,7D2,8D2. The molecule has 0 radical (unpaired) electrons. The molecule has 0 bridgehead atoms. The van der Waals surface area contributed by atoms with Gasteiger partial charge in [0.15, 0.2) is 0 Å². The number of halogens is 1. The molecular weight excluding hydrogens is 228 g/mol. The second-order valence-corrected chi connectivity index (χ2v) is 3.07. The Labute approximate surface area is 101 Å². The minimum Gasteiger partial charge on any atom is -0.357 e. The van der Waals surface area contributed by atoms with E-state index in [2.05, 4.69) is 20.9 Å². The second-order valence-electron chi connectivity index (χ2n) is 2.25. The molecule has 1 aromatic heterocycles. The minimum absolute atomic E-state index is 0.219. The van der Waals surface area contributed by atoms with Gasteiger partial charge in [-0.05, 0) is 47.2 Å². The van der Waals surface area contributed by atoms with E-state index in [9.17, 15) is 0 Å². The van der Waals surface area contributed by atoms with E-state index in [1.165, 1.54) is 18.2 Å². The van der Waals surface area contributed by atoms with Crippen LogP contribution in [0.1, 0.15) is 32.8 Å². The van der Waals surface area contributed by atoms with E-state index >= 15 is 0 Å². The first-order chi connectivity index (χ1) is 10.1. The van der Waals surface area contributed by atoms with Crippen molar-refractivity contribution in [2.45, 2.75) is 19.1 Å². The van der Waals surface area contributed by atoms with Crippen molar-refractivity contribution in [1.29, 1.82) is 0 Å². The Morgan fingerprint density at radius 3 is 2.77 bits per heavy atom. The molecule has 0 aliphatic carbocycles. The summed E-state index contributed by atoms with van der Waals surface area (Å²) >= 11 is 3.04. The maximum Gasteiger partial charge on any atom is 0.129 e. The largest absolute Gasteiger partial charge is 0.357 e. The van der Waals surface area contributed by atoms with Crippen LogP contribution in [-0.2, 0) is 0 Å². The Balaban J connectivity index is 2.80. The highest BCUT2D eigenvalue weighted by Gasteiger charge is 2.11. The van der Waals surface area contributed by atoms with Crippen molar-refractivity contribution in [3.05, 3.63) is 22.8 Å². The summed E-state index contributed by atoms with van der Waals surface area (Å²) in [6, 6.07) is 4.10. The lowest BCUT2D eigenvalue weighted by atomic mass is 10.1. The summed E-state index contributed by atoms with van der Waals surface area (Å²) in [5.41, 5.74) is 0. The van der Waals surface area contributed by atoms with Crippen LogP contribution in [0.2, 0.25) is 0 Å².